The standard InChI is InChI=1S/C18H17BrN4O3S2/c1-25-14-5-4-11(19)7-13(14)17-20-12(9-27-17)10-28-18-22-21-15(26-18)8-23-6-2-3-16(23)24/h4-5,7,9H,2-3,6,8,10H2,1H3. The van der Waals surface area contributed by atoms with E-state index in [4.69, 9.17) is 14.1 Å². The van der Waals surface area contributed by atoms with Gasteiger partial charge in [0.1, 0.15) is 10.8 Å². The quantitative estimate of drug-likeness (QED) is 0.464. The number of likely N-dealkylation sites (tertiary alicyclic amines) is 1. The number of carbonyl (C=O) groups is 1. The summed E-state index contributed by atoms with van der Waals surface area (Å²) in [6.45, 7) is 1.14. The van der Waals surface area contributed by atoms with Crippen LogP contribution in [0.5, 0.6) is 5.75 Å². The number of ether oxygens (including phenoxy) is 1. The predicted molar refractivity (Wildman–Crippen MR) is 110 cm³/mol. The van der Waals surface area contributed by atoms with E-state index < -0.39 is 0 Å². The number of hydrogen-bond acceptors (Lipinski definition) is 8. The lowest BCUT2D eigenvalue weighted by molar-refractivity contribution is -0.128. The third kappa shape index (κ3) is 4.39. The van der Waals surface area contributed by atoms with Gasteiger partial charge in [0.05, 0.1) is 24.9 Å². The third-order valence-corrected chi connectivity index (χ3v) is 6.50. The molecule has 4 rings (SSSR count). The van der Waals surface area contributed by atoms with Crippen molar-refractivity contribution < 1.29 is 13.9 Å². The molecule has 0 spiro atoms. The molecule has 3 aromatic rings. The molecule has 3 heterocycles. The van der Waals surface area contributed by atoms with Crippen molar-refractivity contribution in [2.45, 2.75) is 30.4 Å². The topological polar surface area (TPSA) is 81.4 Å². The van der Waals surface area contributed by atoms with Crippen molar-refractivity contribution in [1.82, 2.24) is 20.1 Å². The maximum absolute atomic E-state index is 11.7. The van der Waals surface area contributed by atoms with Crippen LogP contribution in [0.15, 0.2) is 37.7 Å². The van der Waals surface area contributed by atoms with Crippen molar-refractivity contribution in [3.8, 4) is 16.3 Å². The van der Waals surface area contributed by atoms with E-state index >= 15 is 0 Å². The number of rotatable bonds is 7. The number of methoxy groups -OCH3 is 1. The minimum absolute atomic E-state index is 0.144. The Bertz CT molecular complexity index is 991. The zero-order valence-corrected chi connectivity index (χ0v) is 18.3. The van der Waals surface area contributed by atoms with Gasteiger partial charge in [0.2, 0.25) is 11.8 Å². The fourth-order valence-corrected chi connectivity index (χ4v) is 4.85. The van der Waals surface area contributed by atoms with Gasteiger partial charge in [0, 0.05) is 28.6 Å². The first-order chi connectivity index (χ1) is 13.6. The molecule has 1 aliphatic heterocycles. The van der Waals surface area contributed by atoms with Gasteiger partial charge in [-0.05, 0) is 24.6 Å². The van der Waals surface area contributed by atoms with Gasteiger partial charge in [-0.2, -0.15) is 0 Å². The highest BCUT2D eigenvalue weighted by Crippen LogP contribution is 2.35. The summed E-state index contributed by atoms with van der Waals surface area (Å²) in [4.78, 5) is 18.1. The van der Waals surface area contributed by atoms with E-state index in [9.17, 15) is 4.79 Å². The van der Waals surface area contributed by atoms with Gasteiger partial charge in [-0.1, -0.05) is 27.7 Å². The average Bonchev–Trinajstić information content (AvgIpc) is 3.43. The lowest BCUT2D eigenvalue weighted by Gasteiger charge is -2.11. The molecule has 0 radical (unpaired) electrons. The first kappa shape index (κ1) is 19.4. The minimum atomic E-state index is 0.144. The molecule has 1 saturated heterocycles. The molecule has 0 N–H and O–H groups in total. The number of amides is 1. The minimum Gasteiger partial charge on any atom is -0.496 e. The monoisotopic (exact) mass is 480 g/mol. The second kappa shape index (κ2) is 8.62. The van der Waals surface area contributed by atoms with Crippen molar-refractivity contribution in [3.05, 3.63) is 39.6 Å². The van der Waals surface area contributed by atoms with E-state index in [1.165, 1.54) is 11.8 Å². The highest BCUT2D eigenvalue weighted by Gasteiger charge is 2.22. The van der Waals surface area contributed by atoms with E-state index in [0.717, 1.165) is 39.5 Å². The summed E-state index contributed by atoms with van der Waals surface area (Å²) in [5.41, 5.74) is 1.88. The number of halogens is 1. The van der Waals surface area contributed by atoms with Crippen LogP contribution in [-0.4, -0.2) is 39.6 Å². The Hall–Kier alpha value is -1.91. The molecule has 2 aromatic heterocycles. The molecule has 28 heavy (non-hydrogen) atoms. The molecular formula is C18H17BrN4O3S2. The normalized spacial score (nSPS) is 14.1. The molecule has 0 atom stereocenters. The summed E-state index contributed by atoms with van der Waals surface area (Å²) in [6, 6.07) is 5.86. The Kier molecular flexibility index (Phi) is 5.98. The molecular weight excluding hydrogens is 464 g/mol. The predicted octanol–water partition coefficient (Wildman–Crippen LogP) is 4.38. The zero-order valence-electron chi connectivity index (χ0n) is 15.1. The van der Waals surface area contributed by atoms with Gasteiger partial charge in [-0.3, -0.25) is 4.79 Å². The largest absolute Gasteiger partial charge is 0.496 e. The smallest absolute Gasteiger partial charge is 0.277 e. The molecule has 1 amide bonds. The SMILES string of the molecule is COc1ccc(Br)cc1-c1nc(CSc2nnc(CN3CCCC3=O)o2)cs1. The summed E-state index contributed by atoms with van der Waals surface area (Å²) in [6.07, 6.45) is 1.49. The Balaban J connectivity index is 1.39. The number of thioether (sulfide) groups is 1. The Morgan fingerprint density at radius 2 is 2.29 bits per heavy atom. The van der Waals surface area contributed by atoms with Crippen LogP contribution in [0.1, 0.15) is 24.4 Å². The van der Waals surface area contributed by atoms with Gasteiger partial charge in [-0.15, -0.1) is 21.5 Å². The summed E-state index contributed by atoms with van der Waals surface area (Å²) in [7, 11) is 1.65. The van der Waals surface area contributed by atoms with Crippen molar-refractivity contribution >= 4 is 44.9 Å². The van der Waals surface area contributed by atoms with Crippen molar-refractivity contribution in [3.63, 3.8) is 0 Å². The second-order valence-electron chi connectivity index (χ2n) is 6.16. The van der Waals surface area contributed by atoms with Gasteiger partial charge < -0.3 is 14.1 Å². The zero-order chi connectivity index (χ0) is 19.5. The summed E-state index contributed by atoms with van der Waals surface area (Å²) in [5.74, 6) is 2.02. The van der Waals surface area contributed by atoms with Crippen molar-refractivity contribution in [2.24, 2.45) is 0 Å². The van der Waals surface area contributed by atoms with Gasteiger partial charge in [0.15, 0.2) is 0 Å². The van der Waals surface area contributed by atoms with Crippen LogP contribution in [0.25, 0.3) is 10.6 Å². The summed E-state index contributed by atoms with van der Waals surface area (Å²) >= 11 is 6.49. The number of hydrogen-bond donors (Lipinski definition) is 0. The van der Waals surface area contributed by atoms with Crippen LogP contribution in [0, 0.1) is 0 Å². The van der Waals surface area contributed by atoms with Crippen LogP contribution in [0.2, 0.25) is 0 Å². The van der Waals surface area contributed by atoms with Crippen LogP contribution in [0.4, 0.5) is 0 Å². The molecule has 1 fully saturated rings. The maximum Gasteiger partial charge on any atom is 0.277 e. The molecule has 1 aromatic carbocycles. The molecule has 7 nitrogen and oxygen atoms in total. The van der Waals surface area contributed by atoms with Gasteiger partial charge in [0.25, 0.3) is 5.22 Å². The number of benzene rings is 1. The van der Waals surface area contributed by atoms with Gasteiger partial charge in [-0.25, -0.2) is 4.98 Å². The van der Waals surface area contributed by atoms with Crippen LogP contribution < -0.4 is 4.74 Å². The van der Waals surface area contributed by atoms with E-state index in [1.807, 2.05) is 23.6 Å². The fourth-order valence-electron chi connectivity index (χ4n) is 2.87. The highest BCUT2D eigenvalue weighted by atomic mass is 79.9. The molecule has 0 saturated carbocycles. The Labute approximate surface area is 178 Å². The Morgan fingerprint density at radius 1 is 1.39 bits per heavy atom. The maximum atomic E-state index is 11.7. The molecule has 10 heteroatoms. The Morgan fingerprint density at radius 3 is 3.07 bits per heavy atom. The van der Waals surface area contributed by atoms with Crippen LogP contribution in [0.3, 0.4) is 0 Å². The molecule has 0 aliphatic carbocycles. The second-order valence-corrected chi connectivity index (χ2v) is 8.86. The molecule has 0 bridgehead atoms. The van der Waals surface area contributed by atoms with E-state index in [0.29, 0.717) is 29.8 Å². The van der Waals surface area contributed by atoms with Crippen molar-refractivity contribution in [2.75, 3.05) is 13.7 Å². The third-order valence-electron chi connectivity index (χ3n) is 4.23. The number of carbonyl (C=O) groups excluding carboxylic acids is 1. The number of nitrogens with zero attached hydrogens (tertiary/aromatic N) is 4. The average molecular weight is 481 g/mol. The van der Waals surface area contributed by atoms with E-state index in [-0.39, 0.29) is 5.91 Å². The van der Waals surface area contributed by atoms with Crippen molar-refractivity contribution in [1.29, 1.82) is 0 Å². The number of aromatic nitrogens is 3. The fraction of sp³-hybridized carbons (Fsp3) is 0.333. The lowest BCUT2D eigenvalue weighted by Crippen LogP contribution is -2.23. The van der Waals surface area contributed by atoms with Crippen LogP contribution >= 0.6 is 39.0 Å². The first-order valence-electron chi connectivity index (χ1n) is 8.63. The first-order valence-corrected chi connectivity index (χ1v) is 11.3. The van der Waals surface area contributed by atoms with E-state index in [1.54, 1.807) is 23.3 Å². The lowest BCUT2D eigenvalue weighted by atomic mass is 10.2. The summed E-state index contributed by atoms with van der Waals surface area (Å²) < 4.78 is 12.1. The molecule has 1 aliphatic rings. The van der Waals surface area contributed by atoms with Crippen LogP contribution in [-0.2, 0) is 17.1 Å². The molecule has 146 valence electrons. The van der Waals surface area contributed by atoms with Gasteiger partial charge >= 0.3 is 0 Å². The molecule has 0 unspecified atom stereocenters. The highest BCUT2D eigenvalue weighted by molar-refractivity contribution is 9.10. The van der Waals surface area contributed by atoms with E-state index in [2.05, 4.69) is 26.1 Å². The number of thiazole rings is 1. The summed E-state index contributed by atoms with van der Waals surface area (Å²) in [5, 5.41) is 11.5.